The molecule has 1 aliphatic rings. The van der Waals surface area contributed by atoms with Crippen LogP contribution in [0.25, 0.3) is 0 Å². The van der Waals surface area contributed by atoms with Crippen LogP contribution in [-0.4, -0.2) is 43.2 Å². The molecule has 0 aliphatic carbocycles. The third kappa shape index (κ3) is 3.01. The van der Waals surface area contributed by atoms with E-state index in [9.17, 15) is 0 Å². The van der Waals surface area contributed by atoms with Gasteiger partial charge in [-0.25, -0.2) is 4.98 Å². The summed E-state index contributed by atoms with van der Waals surface area (Å²) in [5.41, 5.74) is 1.17. The second kappa shape index (κ2) is 5.72. The van der Waals surface area contributed by atoms with Crippen molar-refractivity contribution in [1.29, 1.82) is 0 Å². The van der Waals surface area contributed by atoms with Crippen LogP contribution in [-0.2, 0) is 11.3 Å². The number of nitrogens with zero attached hydrogens (tertiary/aromatic N) is 2. The van der Waals surface area contributed by atoms with Gasteiger partial charge in [0, 0.05) is 45.2 Å². The third-order valence-corrected chi connectivity index (χ3v) is 3.92. The minimum absolute atomic E-state index is 0.113. The molecule has 1 fully saturated rings. The molecule has 2 rings (SSSR count). The van der Waals surface area contributed by atoms with Crippen molar-refractivity contribution in [2.75, 3.05) is 33.3 Å². The molecule has 0 unspecified atom stereocenters. The van der Waals surface area contributed by atoms with E-state index in [-0.39, 0.29) is 6.10 Å². The Bertz CT molecular complexity index is 323. The zero-order chi connectivity index (χ0) is 11.4. The molecule has 1 saturated heterocycles. The van der Waals surface area contributed by atoms with Crippen molar-refractivity contribution >= 4 is 11.3 Å². The largest absolute Gasteiger partial charge is 0.375 e. The van der Waals surface area contributed by atoms with E-state index in [1.54, 1.807) is 18.4 Å². The highest BCUT2D eigenvalue weighted by atomic mass is 32.1. The highest BCUT2D eigenvalue weighted by molar-refractivity contribution is 7.09. The summed E-state index contributed by atoms with van der Waals surface area (Å²) >= 11 is 1.69. The van der Waals surface area contributed by atoms with Crippen LogP contribution in [0.15, 0.2) is 5.38 Å². The molecule has 1 aromatic heterocycles. The van der Waals surface area contributed by atoms with E-state index < -0.39 is 0 Å². The fourth-order valence-corrected chi connectivity index (χ4v) is 2.62. The van der Waals surface area contributed by atoms with Crippen LogP contribution >= 0.6 is 11.3 Å². The molecule has 90 valence electrons. The van der Waals surface area contributed by atoms with E-state index in [1.807, 2.05) is 6.92 Å². The Morgan fingerprint density at radius 2 is 2.31 bits per heavy atom. The van der Waals surface area contributed by atoms with E-state index >= 15 is 0 Å². The van der Waals surface area contributed by atoms with E-state index in [0.29, 0.717) is 0 Å². The molecule has 2 heterocycles. The molecule has 0 radical (unpaired) electrons. The van der Waals surface area contributed by atoms with Gasteiger partial charge in [0.15, 0.2) is 0 Å². The number of hydrogen-bond donors (Lipinski definition) is 1. The molecule has 0 aromatic carbocycles. The van der Waals surface area contributed by atoms with Gasteiger partial charge in [-0.3, -0.25) is 4.90 Å². The summed E-state index contributed by atoms with van der Waals surface area (Å²) in [6.45, 7) is 7.42. The molecule has 1 atom stereocenters. The summed E-state index contributed by atoms with van der Waals surface area (Å²) in [5, 5.41) is 6.58. The van der Waals surface area contributed by atoms with Crippen molar-refractivity contribution in [3.63, 3.8) is 0 Å². The number of piperazine rings is 1. The van der Waals surface area contributed by atoms with Crippen LogP contribution in [0.1, 0.15) is 23.7 Å². The van der Waals surface area contributed by atoms with Crippen LogP contribution < -0.4 is 5.32 Å². The molecule has 0 saturated carbocycles. The summed E-state index contributed by atoms with van der Waals surface area (Å²) in [6, 6.07) is 0. The van der Waals surface area contributed by atoms with Gasteiger partial charge in [-0.2, -0.15) is 0 Å². The summed E-state index contributed by atoms with van der Waals surface area (Å²) in [7, 11) is 1.72. The fourth-order valence-electron chi connectivity index (χ4n) is 1.78. The number of ether oxygens (including phenoxy) is 1. The van der Waals surface area contributed by atoms with Gasteiger partial charge in [0.2, 0.25) is 0 Å². The molecule has 5 heteroatoms. The Hall–Kier alpha value is -0.490. The molecule has 4 nitrogen and oxygen atoms in total. The van der Waals surface area contributed by atoms with Crippen molar-refractivity contribution in [3.05, 3.63) is 16.1 Å². The maximum absolute atomic E-state index is 5.26. The first-order valence-electron chi connectivity index (χ1n) is 5.70. The lowest BCUT2D eigenvalue weighted by Gasteiger charge is -2.26. The van der Waals surface area contributed by atoms with Crippen LogP contribution in [0.3, 0.4) is 0 Å². The Morgan fingerprint density at radius 1 is 1.56 bits per heavy atom. The first kappa shape index (κ1) is 12.0. The average molecular weight is 241 g/mol. The van der Waals surface area contributed by atoms with Crippen molar-refractivity contribution in [3.8, 4) is 0 Å². The minimum Gasteiger partial charge on any atom is -0.375 e. The van der Waals surface area contributed by atoms with E-state index in [2.05, 4.69) is 20.6 Å². The Balaban J connectivity index is 1.91. The number of aromatic nitrogens is 1. The normalized spacial score (nSPS) is 19.9. The van der Waals surface area contributed by atoms with E-state index in [1.165, 1.54) is 5.69 Å². The van der Waals surface area contributed by atoms with Gasteiger partial charge < -0.3 is 10.1 Å². The maximum Gasteiger partial charge on any atom is 0.122 e. The molecule has 16 heavy (non-hydrogen) atoms. The first-order valence-corrected chi connectivity index (χ1v) is 6.57. The third-order valence-electron chi connectivity index (χ3n) is 2.87. The summed E-state index contributed by atoms with van der Waals surface area (Å²) < 4.78 is 5.26. The van der Waals surface area contributed by atoms with Crippen molar-refractivity contribution in [1.82, 2.24) is 15.2 Å². The SMILES string of the molecule is CO[C@H](C)c1nc(CN2CCNCC2)cs1. The van der Waals surface area contributed by atoms with Crippen molar-refractivity contribution < 1.29 is 4.74 Å². The zero-order valence-electron chi connectivity index (χ0n) is 9.90. The maximum atomic E-state index is 5.26. The molecular weight excluding hydrogens is 222 g/mol. The second-order valence-electron chi connectivity index (χ2n) is 4.08. The molecule has 1 aromatic rings. The van der Waals surface area contributed by atoms with Gasteiger partial charge in [-0.1, -0.05) is 0 Å². The average Bonchev–Trinajstić information content (AvgIpc) is 2.78. The molecule has 0 spiro atoms. The Kier molecular flexibility index (Phi) is 4.29. The lowest BCUT2D eigenvalue weighted by atomic mass is 10.3. The van der Waals surface area contributed by atoms with Crippen molar-refractivity contribution in [2.24, 2.45) is 0 Å². The van der Waals surface area contributed by atoms with Gasteiger partial charge in [0.1, 0.15) is 11.1 Å². The Morgan fingerprint density at radius 3 is 3.00 bits per heavy atom. The number of nitrogens with one attached hydrogen (secondary N) is 1. The van der Waals surface area contributed by atoms with Crippen LogP contribution in [0.5, 0.6) is 0 Å². The molecule has 1 N–H and O–H groups in total. The number of methoxy groups -OCH3 is 1. The topological polar surface area (TPSA) is 37.4 Å². The van der Waals surface area contributed by atoms with Crippen LogP contribution in [0.2, 0.25) is 0 Å². The predicted octanol–water partition coefficient (Wildman–Crippen LogP) is 1.26. The number of rotatable bonds is 4. The first-order chi connectivity index (χ1) is 7.79. The van der Waals surface area contributed by atoms with Crippen LogP contribution in [0, 0.1) is 0 Å². The lowest BCUT2D eigenvalue weighted by molar-refractivity contribution is 0.119. The van der Waals surface area contributed by atoms with E-state index in [4.69, 9.17) is 4.74 Å². The summed E-state index contributed by atoms with van der Waals surface area (Å²) in [4.78, 5) is 7.04. The van der Waals surface area contributed by atoms with Gasteiger partial charge in [0.05, 0.1) is 5.69 Å². The quantitative estimate of drug-likeness (QED) is 0.861. The smallest absolute Gasteiger partial charge is 0.122 e. The summed E-state index contributed by atoms with van der Waals surface area (Å²) in [5.74, 6) is 0. The lowest BCUT2D eigenvalue weighted by Crippen LogP contribution is -2.42. The van der Waals surface area contributed by atoms with Crippen molar-refractivity contribution in [2.45, 2.75) is 19.6 Å². The summed E-state index contributed by atoms with van der Waals surface area (Å²) in [6.07, 6.45) is 0.113. The molecule has 0 bridgehead atoms. The number of thiazole rings is 1. The van der Waals surface area contributed by atoms with Crippen LogP contribution in [0.4, 0.5) is 0 Å². The highest BCUT2D eigenvalue weighted by Gasteiger charge is 2.13. The minimum atomic E-state index is 0.113. The van der Waals surface area contributed by atoms with E-state index in [0.717, 1.165) is 37.7 Å². The number of hydrogen-bond acceptors (Lipinski definition) is 5. The fraction of sp³-hybridized carbons (Fsp3) is 0.727. The molecule has 0 amide bonds. The van der Waals surface area contributed by atoms with Gasteiger partial charge >= 0.3 is 0 Å². The monoisotopic (exact) mass is 241 g/mol. The Labute approximate surface area is 101 Å². The predicted molar refractivity (Wildman–Crippen MR) is 65.7 cm³/mol. The standard InChI is InChI=1S/C11H19N3OS/c1-9(15-2)11-13-10(8-16-11)7-14-5-3-12-4-6-14/h8-9,12H,3-7H2,1-2H3/t9-/m1/s1. The second-order valence-corrected chi connectivity index (χ2v) is 4.97. The zero-order valence-corrected chi connectivity index (χ0v) is 10.7. The van der Waals surface area contributed by atoms with Gasteiger partial charge in [-0.05, 0) is 6.92 Å². The molecule has 1 aliphatic heterocycles. The molecular formula is C11H19N3OS. The van der Waals surface area contributed by atoms with Gasteiger partial charge in [0.25, 0.3) is 0 Å². The highest BCUT2D eigenvalue weighted by Crippen LogP contribution is 2.21. The van der Waals surface area contributed by atoms with Gasteiger partial charge in [-0.15, -0.1) is 11.3 Å².